The molecule has 3 unspecified atom stereocenters. The number of aryl methyl sites for hydroxylation is 4. The van der Waals surface area contributed by atoms with E-state index in [1.54, 1.807) is 94.7 Å². The second-order valence-electron chi connectivity index (χ2n) is 17.5. The highest BCUT2D eigenvalue weighted by Gasteiger charge is 2.33. The van der Waals surface area contributed by atoms with Crippen molar-refractivity contribution in [3.05, 3.63) is 187 Å². The molecule has 0 saturated heterocycles. The Balaban J connectivity index is 0.000000214. The third-order valence-electron chi connectivity index (χ3n) is 12.5. The van der Waals surface area contributed by atoms with E-state index in [4.69, 9.17) is 48.8 Å². The van der Waals surface area contributed by atoms with E-state index in [-0.39, 0.29) is 23.6 Å². The van der Waals surface area contributed by atoms with Crippen LogP contribution >= 0.6 is 29.9 Å². The van der Waals surface area contributed by atoms with E-state index < -0.39 is 25.1 Å². The number of carbonyl (C=O) groups is 5. The number of benzene rings is 6. The van der Waals surface area contributed by atoms with Crippen LogP contribution in [0.2, 0.25) is 10.0 Å². The lowest BCUT2D eigenvalue weighted by molar-refractivity contribution is 0.0335. The second kappa shape index (κ2) is 24.1. The molecular weight excluding hydrogens is 1010 g/mol. The molecule has 18 heteroatoms. The Kier molecular flexibility index (Phi) is 17.9. The van der Waals surface area contributed by atoms with Gasteiger partial charge >= 0.3 is 12.9 Å². The van der Waals surface area contributed by atoms with Crippen LogP contribution in [0.3, 0.4) is 0 Å². The number of rotatable bonds is 10. The molecule has 0 bridgehead atoms. The van der Waals surface area contributed by atoms with Gasteiger partial charge in [-0.25, -0.2) is 4.79 Å². The maximum atomic E-state index is 13.7. The zero-order valence-electron chi connectivity index (χ0n) is 41.1. The number of methoxy groups -OCH3 is 1. The van der Waals surface area contributed by atoms with Crippen LogP contribution in [-0.2, 0) is 30.3 Å². The summed E-state index contributed by atoms with van der Waals surface area (Å²) in [6.07, 6.45) is 0.350. The number of hydrogen-bond acceptors (Lipinski definition) is 10. The van der Waals surface area contributed by atoms with Crippen LogP contribution in [0.1, 0.15) is 113 Å². The Labute approximate surface area is 439 Å². The van der Waals surface area contributed by atoms with E-state index in [0.29, 0.717) is 105 Å². The number of carbonyl (C=O) groups excluding carboxylic acids is 5. The summed E-state index contributed by atoms with van der Waals surface area (Å²) in [5.41, 5.74) is 9.23. The number of nitrogens with one attached hydrogen (secondary N) is 2. The molecule has 0 radical (unpaired) electrons. The van der Waals surface area contributed by atoms with Gasteiger partial charge in [-0.05, 0) is 172 Å². The third-order valence-corrected chi connectivity index (χ3v) is 14.7. The molecule has 2 heterocycles. The van der Waals surface area contributed by atoms with Gasteiger partial charge in [-0.2, -0.15) is 0 Å². The summed E-state index contributed by atoms with van der Waals surface area (Å²) in [6.45, 7) is 4.90. The number of halogens is 2. The minimum Gasteiger partial charge on any atom is -0.438 e. The monoisotopic (exact) mass is 1060 g/mol. The Bertz CT molecular complexity index is 3140. The van der Waals surface area contributed by atoms with Crippen LogP contribution in [0.4, 0.5) is 27.5 Å². The molecule has 2 aliphatic rings. The van der Waals surface area contributed by atoms with Crippen LogP contribution in [0.5, 0.6) is 0 Å². The standard InChI is InChI=1S/C28H27ClN2O5.C27H28ClN2O5PS/c1-17-7-4-5-8-21(17)26(32)30-20-11-12-22(18(2)15-20)27(33)31-14-6-9-25(36-28(34)35-3)23-16-19(29)10-13-24(23)31;1-17-7-4-5-8-21(17)26(31)29-20-11-12-22(18(2)15-20)27(32)30-14-6-9-25(35-36(33,37)34-3)23-16-19(28)10-13-24(23)30/h4-5,7-8,10-13,15-16,25H,6,9,14H2,1-3H3,(H,30,32);4-5,7-8,10-13,15-16,25H,6,9,14H2,1-3H3,(H,29,31)(H,33,37). The highest BCUT2D eigenvalue weighted by atomic mass is 35.5. The van der Waals surface area contributed by atoms with Crippen molar-refractivity contribution in [1.82, 2.24) is 0 Å². The second-order valence-corrected chi connectivity index (χ2v) is 21.3. The molecule has 0 fully saturated rings. The van der Waals surface area contributed by atoms with E-state index >= 15 is 0 Å². The summed E-state index contributed by atoms with van der Waals surface area (Å²) < 4.78 is 20.9. The first-order valence-corrected chi connectivity index (χ1v) is 26.7. The van der Waals surface area contributed by atoms with Gasteiger partial charge in [0.05, 0.1) is 18.9 Å². The third kappa shape index (κ3) is 13.2. The molecule has 6 aromatic rings. The summed E-state index contributed by atoms with van der Waals surface area (Å²) >= 11 is 17.6. The number of amides is 4. The van der Waals surface area contributed by atoms with Crippen molar-refractivity contribution >= 4 is 94.3 Å². The minimum absolute atomic E-state index is 0.186. The average Bonchev–Trinajstić information content (AvgIpc) is 3.64. The molecule has 0 aliphatic carbocycles. The molecule has 14 nitrogen and oxygen atoms in total. The predicted molar refractivity (Wildman–Crippen MR) is 289 cm³/mol. The van der Waals surface area contributed by atoms with Crippen molar-refractivity contribution in [2.24, 2.45) is 0 Å². The lowest BCUT2D eigenvalue weighted by Crippen LogP contribution is -2.32. The molecule has 380 valence electrons. The van der Waals surface area contributed by atoms with Crippen LogP contribution in [-0.4, -0.2) is 62.0 Å². The minimum atomic E-state index is -3.43. The Morgan fingerprint density at radius 2 is 1.03 bits per heavy atom. The predicted octanol–water partition coefficient (Wildman–Crippen LogP) is 13.0. The number of fused-ring (bicyclic) bond motifs is 2. The van der Waals surface area contributed by atoms with Gasteiger partial charge in [0.15, 0.2) is 0 Å². The van der Waals surface area contributed by atoms with Gasteiger partial charge in [0.25, 0.3) is 23.6 Å². The van der Waals surface area contributed by atoms with Crippen LogP contribution < -0.4 is 20.4 Å². The molecule has 0 saturated carbocycles. The fraction of sp³-hybridized carbons (Fsp3) is 0.255. The fourth-order valence-electron chi connectivity index (χ4n) is 8.81. The number of anilines is 4. The van der Waals surface area contributed by atoms with E-state index in [0.717, 1.165) is 22.3 Å². The summed E-state index contributed by atoms with van der Waals surface area (Å²) in [5.74, 6) is -0.789. The zero-order valence-corrected chi connectivity index (χ0v) is 44.3. The Morgan fingerprint density at radius 3 is 1.45 bits per heavy atom. The number of ether oxygens (including phenoxy) is 2. The van der Waals surface area contributed by atoms with Gasteiger partial charge in [0, 0.05) is 80.7 Å². The highest BCUT2D eigenvalue weighted by Crippen LogP contribution is 2.51. The topological polar surface area (TPSA) is 173 Å². The van der Waals surface area contributed by atoms with Gasteiger partial charge < -0.3 is 43.8 Å². The van der Waals surface area contributed by atoms with E-state index in [1.165, 1.54) is 14.2 Å². The quantitative estimate of drug-likeness (QED) is 0.0880. The summed E-state index contributed by atoms with van der Waals surface area (Å²) in [7, 11) is 2.56. The molecule has 0 aromatic heterocycles. The van der Waals surface area contributed by atoms with Crippen LogP contribution in [0, 0.1) is 27.7 Å². The summed E-state index contributed by atoms with van der Waals surface area (Å²) in [5, 5.41) is 6.78. The fourth-order valence-corrected chi connectivity index (χ4v) is 10.1. The van der Waals surface area contributed by atoms with Crippen LogP contribution in [0.25, 0.3) is 0 Å². The molecule has 73 heavy (non-hydrogen) atoms. The molecule has 3 N–H and O–H groups in total. The normalized spacial score (nSPS) is 15.9. The Morgan fingerprint density at radius 1 is 0.589 bits per heavy atom. The maximum Gasteiger partial charge on any atom is 0.508 e. The molecule has 6 aromatic carbocycles. The van der Waals surface area contributed by atoms with Crippen molar-refractivity contribution in [2.45, 2.75) is 65.6 Å². The summed E-state index contributed by atoms with van der Waals surface area (Å²) in [4.78, 5) is 78.3. The van der Waals surface area contributed by atoms with Gasteiger partial charge in [0.1, 0.15) is 6.10 Å². The molecular formula is C55H55Cl2N4O10PS. The average molecular weight is 1070 g/mol. The zero-order chi connectivity index (χ0) is 52.6. The first kappa shape index (κ1) is 54.4. The summed E-state index contributed by atoms with van der Waals surface area (Å²) in [6, 6.07) is 35.6. The SMILES string of the molecule is COC(=O)OC1CCCN(C(=O)c2ccc(NC(=O)c3ccccc3C)cc2C)c2ccc(Cl)cc21.COP(O)(=S)OC1CCCN(C(=O)c2ccc(NC(=O)c3ccccc3C)cc2C)c2ccc(Cl)cc21. The molecule has 3 atom stereocenters. The van der Waals surface area contributed by atoms with Crippen molar-refractivity contribution in [1.29, 1.82) is 0 Å². The van der Waals surface area contributed by atoms with Gasteiger partial charge in [-0.15, -0.1) is 0 Å². The van der Waals surface area contributed by atoms with Gasteiger partial charge in [0.2, 0.25) is 0 Å². The first-order valence-electron chi connectivity index (χ1n) is 23.4. The molecule has 2 aliphatic heterocycles. The largest absolute Gasteiger partial charge is 0.508 e. The van der Waals surface area contributed by atoms with Gasteiger partial charge in [-0.3, -0.25) is 19.2 Å². The van der Waals surface area contributed by atoms with Gasteiger partial charge in [-0.1, -0.05) is 59.6 Å². The highest BCUT2D eigenvalue weighted by molar-refractivity contribution is 8.07. The number of hydrogen-bond donors (Lipinski definition) is 3. The molecule has 4 amide bonds. The van der Waals surface area contributed by atoms with Crippen LogP contribution in [0.15, 0.2) is 121 Å². The van der Waals surface area contributed by atoms with Crippen molar-refractivity contribution in [3.63, 3.8) is 0 Å². The van der Waals surface area contributed by atoms with E-state index in [9.17, 15) is 28.9 Å². The smallest absolute Gasteiger partial charge is 0.438 e. The van der Waals surface area contributed by atoms with E-state index in [2.05, 4.69) is 15.4 Å². The maximum absolute atomic E-state index is 13.7. The first-order chi connectivity index (χ1) is 34.9. The van der Waals surface area contributed by atoms with Crippen molar-refractivity contribution in [2.75, 3.05) is 47.7 Å². The number of nitrogens with zero attached hydrogens (tertiary/aromatic N) is 2. The van der Waals surface area contributed by atoms with E-state index in [1.807, 2.05) is 64.1 Å². The Hall–Kier alpha value is -6.42. The van der Waals surface area contributed by atoms with Crippen molar-refractivity contribution < 1.29 is 47.4 Å². The van der Waals surface area contributed by atoms with Crippen molar-refractivity contribution in [3.8, 4) is 0 Å². The lowest BCUT2D eigenvalue weighted by Gasteiger charge is -2.26. The lowest BCUT2D eigenvalue weighted by atomic mass is 10.0. The molecule has 0 spiro atoms. The molecule has 8 rings (SSSR count).